The van der Waals surface area contributed by atoms with Crippen LogP contribution in [0.15, 0.2) is 37.4 Å². The summed E-state index contributed by atoms with van der Waals surface area (Å²) in [6, 6.07) is 9.24. The van der Waals surface area contributed by atoms with Gasteiger partial charge in [0.2, 0.25) is 0 Å². The third-order valence-electron chi connectivity index (χ3n) is 5.61. The smallest absolute Gasteiger partial charge is 0.0547 e. The van der Waals surface area contributed by atoms with Crippen LogP contribution in [0, 0.1) is 5.92 Å². The van der Waals surface area contributed by atoms with E-state index in [1.54, 1.807) is 0 Å². The molecule has 2 unspecified atom stereocenters. The number of aliphatic hydroxyl groups excluding tert-OH is 1. The second-order valence-corrected chi connectivity index (χ2v) is 7.37. The van der Waals surface area contributed by atoms with Crippen LogP contribution in [-0.2, 0) is 11.2 Å². The van der Waals surface area contributed by atoms with Crippen molar-refractivity contribution in [3.8, 4) is 0 Å². The molecule has 148 valence electrons. The fourth-order valence-corrected chi connectivity index (χ4v) is 3.91. The summed E-state index contributed by atoms with van der Waals surface area (Å²) in [5.74, 6) is 1.40. The third kappa shape index (κ3) is 7.63. The first-order valence-corrected chi connectivity index (χ1v) is 10.6. The molecule has 1 N–H and O–H groups in total. The molecule has 26 heavy (non-hydrogen) atoms. The first-order valence-electron chi connectivity index (χ1n) is 10.6. The lowest BCUT2D eigenvalue weighted by molar-refractivity contribution is 0.0155. The first-order chi connectivity index (χ1) is 12.7. The van der Waals surface area contributed by atoms with Crippen LogP contribution in [0.4, 0.5) is 0 Å². The number of benzene rings is 1. The largest absolute Gasteiger partial charge is 0.393 e. The molecule has 0 bridgehead atoms. The van der Waals surface area contributed by atoms with Gasteiger partial charge in [-0.25, -0.2) is 0 Å². The van der Waals surface area contributed by atoms with Crippen molar-refractivity contribution in [1.29, 1.82) is 0 Å². The van der Waals surface area contributed by atoms with E-state index in [-0.39, 0.29) is 6.10 Å². The van der Waals surface area contributed by atoms with E-state index in [1.807, 2.05) is 13.8 Å². The number of hydrogen-bond acceptors (Lipinski definition) is 2. The minimum Gasteiger partial charge on any atom is -0.393 e. The molecule has 0 radical (unpaired) electrons. The molecule has 0 amide bonds. The Morgan fingerprint density at radius 1 is 0.962 bits per heavy atom. The molecule has 1 aliphatic carbocycles. The van der Waals surface area contributed by atoms with Crippen LogP contribution >= 0.6 is 0 Å². The number of rotatable bonds is 4. The van der Waals surface area contributed by atoms with Gasteiger partial charge in [-0.05, 0) is 75.3 Å². The lowest BCUT2D eigenvalue weighted by atomic mass is 9.83. The fourth-order valence-electron chi connectivity index (χ4n) is 3.91. The Labute approximate surface area is 161 Å². The summed E-state index contributed by atoms with van der Waals surface area (Å²) < 4.78 is 5.79. The summed E-state index contributed by atoms with van der Waals surface area (Å²) in [5.41, 5.74) is 2.90. The standard InChI is InChI=1S/C20H30O2.C2H6.C2H4/c1-15-2-9-19(14-22-15)18-10-5-16(6-11-18)3-4-17-7-12-20(21)13-8-17;2*1-2/h5-6,10-11,15,17,19-21H,2-4,7-9,12-14H2,1H3;1-2H3;1-2H2. The molecule has 2 aliphatic rings. The Bertz CT molecular complexity index is 452. The van der Waals surface area contributed by atoms with Crippen LogP contribution in [0.3, 0.4) is 0 Å². The van der Waals surface area contributed by atoms with E-state index in [2.05, 4.69) is 44.3 Å². The van der Waals surface area contributed by atoms with Gasteiger partial charge in [0.05, 0.1) is 18.8 Å². The van der Waals surface area contributed by atoms with Gasteiger partial charge in [0.25, 0.3) is 0 Å². The molecule has 2 nitrogen and oxygen atoms in total. The lowest BCUT2D eigenvalue weighted by Crippen LogP contribution is -2.22. The van der Waals surface area contributed by atoms with Gasteiger partial charge in [-0.3, -0.25) is 0 Å². The Morgan fingerprint density at radius 2 is 1.58 bits per heavy atom. The molecule has 3 rings (SSSR count). The monoisotopic (exact) mass is 360 g/mol. The predicted molar refractivity (Wildman–Crippen MR) is 113 cm³/mol. The molecule has 1 saturated heterocycles. The van der Waals surface area contributed by atoms with Crippen LogP contribution in [0.1, 0.15) is 82.8 Å². The second kappa shape index (κ2) is 13.1. The maximum atomic E-state index is 9.57. The van der Waals surface area contributed by atoms with E-state index >= 15 is 0 Å². The van der Waals surface area contributed by atoms with Crippen LogP contribution in [-0.4, -0.2) is 23.9 Å². The van der Waals surface area contributed by atoms with E-state index in [0.29, 0.717) is 12.0 Å². The normalized spacial score (nSPS) is 28.2. The van der Waals surface area contributed by atoms with Crippen LogP contribution < -0.4 is 0 Å². The minimum atomic E-state index is -0.0315. The van der Waals surface area contributed by atoms with Crippen molar-refractivity contribution in [3.63, 3.8) is 0 Å². The summed E-state index contributed by atoms with van der Waals surface area (Å²) in [6.07, 6.45) is 9.71. The molecule has 2 fully saturated rings. The van der Waals surface area contributed by atoms with Crippen molar-refractivity contribution in [2.45, 2.75) is 90.3 Å². The Morgan fingerprint density at radius 3 is 2.12 bits per heavy atom. The quantitative estimate of drug-likeness (QED) is 0.640. The molecule has 1 aliphatic heterocycles. The number of aryl methyl sites for hydroxylation is 1. The fraction of sp³-hybridized carbons (Fsp3) is 0.667. The molecule has 0 aromatic heterocycles. The first kappa shape index (κ1) is 22.9. The SMILES string of the molecule is C=C.CC.CC1CCC(c2ccc(CCC3CCC(O)CC3)cc2)CO1. The average Bonchev–Trinajstić information content (AvgIpc) is 2.72. The highest BCUT2D eigenvalue weighted by molar-refractivity contribution is 5.26. The molecular formula is C24H40O2. The second-order valence-electron chi connectivity index (χ2n) is 7.37. The molecule has 1 saturated carbocycles. The van der Waals surface area contributed by atoms with Crippen molar-refractivity contribution in [2.24, 2.45) is 5.92 Å². The van der Waals surface area contributed by atoms with Gasteiger partial charge in [0.15, 0.2) is 0 Å². The van der Waals surface area contributed by atoms with E-state index < -0.39 is 0 Å². The summed E-state index contributed by atoms with van der Waals surface area (Å²) in [5, 5.41) is 9.57. The summed E-state index contributed by atoms with van der Waals surface area (Å²) in [4.78, 5) is 0. The Hall–Kier alpha value is -1.12. The van der Waals surface area contributed by atoms with Gasteiger partial charge in [-0.1, -0.05) is 38.1 Å². The minimum absolute atomic E-state index is 0.0315. The van der Waals surface area contributed by atoms with Gasteiger partial charge < -0.3 is 9.84 Å². The van der Waals surface area contributed by atoms with Crippen molar-refractivity contribution < 1.29 is 9.84 Å². The molecule has 0 spiro atoms. The van der Waals surface area contributed by atoms with E-state index in [4.69, 9.17) is 4.74 Å². The van der Waals surface area contributed by atoms with Crippen LogP contribution in [0.25, 0.3) is 0 Å². The van der Waals surface area contributed by atoms with E-state index in [0.717, 1.165) is 25.4 Å². The molecule has 1 aromatic rings. The van der Waals surface area contributed by atoms with Gasteiger partial charge >= 0.3 is 0 Å². The van der Waals surface area contributed by atoms with Gasteiger partial charge in [0, 0.05) is 5.92 Å². The molecule has 2 heteroatoms. The zero-order valence-corrected chi connectivity index (χ0v) is 17.3. The van der Waals surface area contributed by atoms with Gasteiger partial charge in [-0.15, -0.1) is 13.2 Å². The highest BCUT2D eigenvalue weighted by Crippen LogP contribution is 2.30. The van der Waals surface area contributed by atoms with Crippen molar-refractivity contribution in [2.75, 3.05) is 6.61 Å². The average molecular weight is 361 g/mol. The van der Waals surface area contributed by atoms with Crippen molar-refractivity contribution in [1.82, 2.24) is 0 Å². The van der Waals surface area contributed by atoms with Crippen LogP contribution in [0.2, 0.25) is 0 Å². The molecular weight excluding hydrogens is 320 g/mol. The Kier molecular flexibility index (Phi) is 11.6. The maximum Gasteiger partial charge on any atom is 0.0547 e. The Balaban J connectivity index is 0.000000791. The molecule has 1 aromatic carbocycles. The summed E-state index contributed by atoms with van der Waals surface area (Å²) in [6.45, 7) is 13.1. The predicted octanol–water partition coefficient (Wildman–Crippen LogP) is 6.28. The lowest BCUT2D eigenvalue weighted by Gasteiger charge is -2.27. The highest BCUT2D eigenvalue weighted by atomic mass is 16.5. The summed E-state index contributed by atoms with van der Waals surface area (Å²) in [7, 11) is 0. The van der Waals surface area contributed by atoms with Crippen molar-refractivity contribution >= 4 is 0 Å². The molecule has 1 heterocycles. The van der Waals surface area contributed by atoms with Crippen molar-refractivity contribution in [3.05, 3.63) is 48.6 Å². The molecule has 2 atom stereocenters. The summed E-state index contributed by atoms with van der Waals surface area (Å²) >= 11 is 0. The van der Waals surface area contributed by atoms with Gasteiger partial charge in [-0.2, -0.15) is 0 Å². The van der Waals surface area contributed by atoms with E-state index in [1.165, 1.54) is 49.7 Å². The third-order valence-corrected chi connectivity index (χ3v) is 5.61. The number of hydrogen-bond donors (Lipinski definition) is 1. The number of aliphatic hydroxyl groups is 1. The highest BCUT2D eigenvalue weighted by Gasteiger charge is 2.21. The zero-order chi connectivity index (χ0) is 19.4. The maximum absolute atomic E-state index is 9.57. The number of ether oxygens (including phenoxy) is 1. The van der Waals surface area contributed by atoms with Gasteiger partial charge in [0.1, 0.15) is 0 Å². The zero-order valence-electron chi connectivity index (χ0n) is 17.3. The van der Waals surface area contributed by atoms with Crippen LogP contribution in [0.5, 0.6) is 0 Å². The van der Waals surface area contributed by atoms with E-state index in [9.17, 15) is 5.11 Å². The topological polar surface area (TPSA) is 29.5 Å².